The largest absolute Gasteiger partial charge is 0.481 e. The number of terminal acetylenes is 1. The van der Waals surface area contributed by atoms with Gasteiger partial charge in [0.25, 0.3) is 10.0 Å². The van der Waals surface area contributed by atoms with Gasteiger partial charge in [0.1, 0.15) is 18.2 Å². The highest BCUT2D eigenvalue weighted by atomic mass is 32.2. The maximum Gasteiger partial charge on any atom is 0.261 e. The van der Waals surface area contributed by atoms with Crippen molar-refractivity contribution in [1.29, 1.82) is 0 Å². The van der Waals surface area contributed by atoms with Crippen molar-refractivity contribution in [3.8, 4) is 18.1 Å². The molecule has 0 bridgehead atoms. The van der Waals surface area contributed by atoms with Crippen molar-refractivity contribution in [2.75, 3.05) is 11.3 Å². The molecule has 2 aromatic carbocycles. The van der Waals surface area contributed by atoms with Crippen LogP contribution >= 0.6 is 0 Å². The lowest BCUT2D eigenvalue weighted by molar-refractivity contribution is 0.370. The van der Waals surface area contributed by atoms with E-state index >= 15 is 0 Å². The van der Waals surface area contributed by atoms with Gasteiger partial charge in [0.15, 0.2) is 0 Å². The SMILES string of the molecule is C#CCOc1ccc(S(=O)(=O)Nc2ccc(F)cc2)cc1. The Balaban J connectivity index is 2.15. The zero-order chi connectivity index (χ0) is 15.3. The normalized spacial score (nSPS) is 10.7. The quantitative estimate of drug-likeness (QED) is 0.864. The van der Waals surface area contributed by atoms with Crippen LogP contribution in [0.4, 0.5) is 10.1 Å². The van der Waals surface area contributed by atoms with E-state index in [1.54, 1.807) is 0 Å². The van der Waals surface area contributed by atoms with Crippen molar-refractivity contribution >= 4 is 15.7 Å². The van der Waals surface area contributed by atoms with Crippen molar-refractivity contribution in [2.45, 2.75) is 4.90 Å². The molecule has 0 unspecified atom stereocenters. The molecule has 21 heavy (non-hydrogen) atoms. The van der Waals surface area contributed by atoms with Crippen LogP contribution in [0.15, 0.2) is 53.4 Å². The fourth-order valence-electron chi connectivity index (χ4n) is 1.57. The van der Waals surface area contributed by atoms with Gasteiger partial charge in [-0.1, -0.05) is 5.92 Å². The lowest BCUT2D eigenvalue weighted by atomic mass is 10.3. The Morgan fingerprint density at radius 1 is 1.10 bits per heavy atom. The lowest BCUT2D eigenvalue weighted by Gasteiger charge is -2.09. The van der Waals surface area contributed by atoms with E-state index in [-0.39, 0.29) is 17.2 Å². The standard InChI is InChI=1S/C15H12FNO3S/c1-2-11-20-14-7-9-15(10-8-14)21(18,19)17-13-5-3-12(16)4-6-13/h1,3-10,17H,11H2. The molecule has 2 aromatic rings. The van der Waals surface area contributed by atoms with Crippen LogP contribution in [-0.2, 0) is 10.0 Å². The van der Waals surface area contributed by atoms with Crippen molar-refractivity contribution in [3.63, 3.8) is 0 Å². The predicted molar refractivity (Wildman–Crippen MR) is 78.0 cm³/mol. The Hall–Kier alpha value is -2.52. The van der Waals surface area contributed by atoms with Gasteiger partial charge in [-0.15, -0.1) is 6.42 Å². The molecule has 0 aromatic heterocycles. The molecular formula is C15H12FNO3S. The molecular weight excluding hydrogens is 293 g/mol. The molecule has 0 aliphatic carbocycles. The summed E-state index contributed by atoms with van der Waals surface area (Å²) in [5.74, 6) is 2.36. The molecule has 108 valence electrons. The molecule has 2 rings (SSSR count). The highest BCUT2D eigenvalue weighted by Crippen LogP contribution is 2.19. The fraction of sp³-hybridized carbons (Fsp3) is 0.0667. The Kier molecular flexibility index (Phi) is 4.45. The van der Waals surface area contributed by atoms with Gasteiger partial charge >= 0.3 is 0 Å². The molecule has 4 nitrogen and oxygen atoms in total. The monoisotopic (exact) mass is 305 g/mol. The van der Waals surface area contributed by atoms with Crippen LogP contribution < -0.4 is 9.46 Å². The van der Waals surface area contributed by atoms with Gasteiger partial charge in [-0.3, -0.25) is 4.72 Å². The van der Waals surface area contributed by atoms with Crippen molar-refractivity contribution in [2.24, 2.45) is 0 Å². The number of hydrogen-bond acceptors (Lipinski definition) is 3. The van der Waals surface area contributed by atoms with Crippen LogP contribution in [0, 0.1) is 18.2 Å². The van der Waals surface area contributed by atoms with Crippen molar-refractivity contribution in [1.82, 2.24) is 0 Å². The molecule has 0 spiro atoms. The third-order valence-corrected chi connectivity index (χ3v) is 3.95. The Labute approximate surface area is 122 Å². The van der Waals surface area contributed by atoms with E-state index in [1.165, 1.54) is 48.5 Å². The van der Waals surface area contributed by atoms with E-state index in [4.69, 9.17) is 11.2 Å². The third-order valence-electron chi connectivity index (χ3n) is 2.55. The van der Waals surface area contributed by atoms with Gasteiger partial charge < -0.3 is 4.74 Å². The fourth-order valence-corrected chi connectivity index (χ4v) is 2.63. The molecule has 0 saturated carbocycles. The molecule has 0 aliphatic heterocycles. The van der Waals surface area contributed by atoms with Crippen LogP contribution in [0.5, 0.6) is 5.75 Å². The smallest absolute Gasteiger partial charge is 0.261 e. The number of benzene rings is 2. The zero-order valence-corrected chi connectivity index (χ0v) is 11.7. The predicted octanol–water partition coefficient (Wildman–Crippen LogP) is 2.64. The maximum absolute atomic E-state index is 12.8. The summed E-state index contributed by atoms with van der Waals surface area (Å²) in [5.41, 5.74) is 0.282. The maximum atomic E-state index is 12.8. The first-order valence-corrected chi connectivity index (χ1v) is 7.44. The number of halogens is 1. The van der Waals surface area contributed by atoms with E-state index in [1.807, 2.05) is 0 Å². The number of nitrogens with one attached hydrogen (secondary N) is 1. The summed E-state index contributed by atoms with van der Waals surface area (Å²) in [6.45, 7) is 0.111. The van der Waals surface area contributed by atoms with Gasteiger partial charge in [0.2, 0.25) is 0 Å². The summed E-state index contributed by atoms with van der Waals surface area (Å²) in [5, 5.41) is 0. The molecule has 0 aliphatic rings. The summed E-state index contributed by atoms with van der Waals surface area (Å²) < 4.78 is 44.6. The highest BCUT2D eigenvalue weighted by Gasteiger charge is 2.14. The van der Waals surface area contributed by atoms with Crippen LogP contribution in [0.3, 0.4) is 0 Å². The van der Waals surface area contributed by atoms with E-state index in [2.05, 4.69) is 10.6 Å². The second-order valence-electron chi connectivity index (χ2n) is 4.08. The van der Waals surface area contributed by atoms with E-state index in [0.717, 1.165) is 0 Å². The summed E-state index contributed by atoms with van der Waals surface area (Å²) in [6.07, 6.45) is 5.06. The lowest BCUT2D eigenvalue weighted by Crippen LogP contribution is -2.12. The Bertz CT molecular complexity index is 747. The van der Waals surface area contributed by atoms with Gasteiger partial charge in [-0.2, -0.15) is 0 Å². The van der Waals surface area contributed by atoms with Crippen molar-refractivity contribution < 1.29 is 17.5 Å². The van der Waals surface area contributed by atoms with Crippen LogP contribution in [0.1, 0.15) is 0 Å². The third kappa shape index (κ3) is 3.97. The molecule has 0 amide bonds. The summed E-state index contributed by atoms with van der Waals surface area (Å²) in [6, 6.07) is 10.9. The number of sulfonamides is 1. The average Bonchev–Trinajstić information content (AvgIpc) is 2.48. The first-order valence-electron chi connectivity index (χ1n) is 5.96. The average molecular weight is 305 g/mol. The first-order chi connectivity index (χ1) is 10.0. The molecule has 6 heteroatoms. The number of anilines is 1. The van der Waals surface area contributed by atoms with Gasteiger partial charge in [-0.05, 0) is 48.5 Å². The minimum absolute atomic E-state index is 0.0693. The molecule has 0 fully saturated rings. The molecule has 0 atom stereocenters. The van der Waals surface area contributed by atoms with Crippen molar-refractivity contribution in [3.05, 3.63) is 54.3 Å². The zero-order valence-electron chi connectivity index (χ0n) is 10.9. The minimum Gasteiger partial charge on any atom is -0.481 e. The number of hydrogen-bond donors (Lipinski definition) is 1. The van der Waals surface area contributed by atoms with E-state index in [9.17, 15) is 12.8 Å². The van der Waals surface area contributed by atoms with Crippen LogP contribution in [0.25, 0.3) is 0 Å². The second kappa shape index (κ2) is 6.29. The molecule has 0 radical (unpaired) electrons. The molecule has 1 N–H and O–H groups in total. The Morgan fingerprint density at radius 2 is 1.71 bits per heavy atom. The molecule has 0 heterocycles. The van der Waals surface area contributed by atoms with Gasteiger partial charge in [0, 0.05) is 5.69 Å². The molecule has 0 saturated heterocycles. The number of rotatable bonds is 5. The van der Waals surface area contributed by atoms with Gasteiger partial charge in [0.05, 0.1) is 4.90 Å². The number of ether oxygens (including phenoxy) is 1. The van der Waals surface area contributed by atoms with Crippen LogP contribution in [-0.4, -0.2) is 15.0 Å². The summed E-state index contributed by atoms with van der Waals surface area (Å²) >= 11 is 0. The summed E-state index contributed by atoms with van der Waals surface area (Å²) in [4.78, 5) is 0.0693. The topological polar surface area (TPSA) is 55.4 Å². The Morgan fingerprint density at radius 3 is 2.29 bits per heavy atom. The van der Waals surface area contributed by atoms with Crippen LogP contribution in [0.2, 0.25) is 0 Å². The summed E-state index contributed by atoms with van der Waals surface area (Å²) in [7, 11) is -3.73. The first kappa shape index (κ1) is 14.9. The highest BCUT2D eigenvalue weighted by molar-refractivity contribution is 7.92. The second-order valence-corrected chi connectivity index (χ2v) is 5.76. The van der Waals surface area contributed by atoms with E-state index < -0.39 is 15.8 Å². The minimum atomic E-state index is -3.73. The van der Waals surface area contributed by atoms with Gasteiger partial charge in [-0.25, -0.2) is 12.8 Å². The van der Waals surface area contributed by atoms with E-state index in [0.29, 0.717) is 5.75 Å².